The molecule has 5 rings (SSSR count). The van der Waals surface area contributed by atoms with Gasteiger partial charge in [0.05, 0.1) is 6.26 Å². The van der Waals surface area contributed by atoms with Gasteiger partial charge in [0, 0.05) is 30.8 Å². The summed E-state index contributed by atoms with van der Waals surface area (Å²) >= 11 is 0. The summed E-state index contributed by atoms with van der Waals surface area (Å²) in [6.45, 7) is 9.72. The van der Waals surface area contributed by atoms with Crippen LogP contribution in [0.2, 0.25) is 0 Å². The van der Waals surface area contributed by atoms with Gasteiger partial charge in [0.2, 0.25) is 0 Å². The average Bonchev–Trinajstić information content (AvgIpc) is 3.32. The van der Waals surface area contributed by atoms with E-state index in [0.717, 1.165) is 36.1 Å². The number of rotatable bonds is 4. The van der Waals surface area contributed by atoms with Crippen LogP contribution in [0.4, 0.5) is 0 Å². The molecule has 0 saturated heterocycles. The van der Waals surface area contributed by atoms with Crippen LogP contribution < -0.4 is 0 Å². The maximum Gasteiger partial charge on any atom is 0.331 e. The van der Waals surface area contributed by atoms with Gasteiger partial charge in [-0.2, -0.15) is 0 Å². The van der Waals surface area contributed by atoms with E-state index in [0.29, 0.717) is 6.42 Å². The van der Waals surface area contributed by atoms with Crippen molar-refractivity contribution >= 4 is 18.0 Å². The molecule has 2 aromatic rings. The zero-order chi connectivity index (χ0) is 26.6. The molecule has 3 aliphatic carbocycles. The second kappa shape index (κ2) is 9.16. The molecular weight excluding hydrogens is 468 g/mol. The first-order valence-corrected chi connectivity index (χ1v) is 13.4. The quantitative estimate of drug-likeness (QED) is 0.424. The first kappa shape index (κ1) is 25.8. The van der Waals surface area contributed by atoms with Crippen molar-refractivity contribution in [2.45, 2.75) is 84.0 Å². The molecule has 0 spiro atoms. The Morgan fingerprint density at radius 3 is 2.51 bits per heavy atom. The molecule has 198 valence electrons. The number of carbonyl (C=O) groups excluding carboxylic acids is 2. The van der Waals surface area contributed by atoms with Crippen LogP contribution in [0.15, 0.2) is 53.2 Å². The van der Waals surface area contributed by atoms with Gasteiger partial charge < -0.3 is 19.0 Å². The second-order valence-corrected chi connectivity index (χ2v) is 12.1. The molecule has 3 aliphatic rings. The lowest BCUT2D eigenvalue weighted by Gasteiger charge is -2.68. The number of ether oxygens (including phenoxy) is 2. The normalized spacial score (nSPS) is 36.2. The lowest BCUT2D eigenvalue weighted by molar-refractivity contribution is -0.317. The van der Waals surface area contributed by atoms with Gasteiger partial charge >= 0.3 is 11.9 Å². The summed E-state index contributed by atoms with van der Waals surface area (Å²) in [4.78, 5) is 25.7. The molecular formula is C31H38O6. The molecule has 0 aliphatic heterocycles. The first-order valence-electron chi connectivity index (χ1n) is 13.4. The number of carbonyl (C=O) groups is 2. The Kier molecular flexibility index (Phi) is 6.38. The third kappa shape index (κ3) is 3.96. The summed E-state index contributed by atoms with van der Waals surface area (Å²) in [6.07, 6.45) is 6.18. The van der Waals surface area contributed by atoms with Crippen LogP contribution in [0.1, 0.15) is 76.7 Å². The van der Waals surface area contributed by atoms with E-state index in [1.165, 1.54) is 13.0 Å². The minimum atomic E-state index is -1.42. The predicted molar refractivity (Wildman–Crippen MR) is 139 cm³/mol. The van der Waals surface area contributed by atoms with Crippen LogP contribution in [-0.2, 0) is 25.5 Å². The second-order valence-electron chi connectivity index (χ2n) is 12.1. The fraction of sp³-hybridized carbons (Fsp3) is 0.548. The van der Waals surface area contributed by atoms with Crippen molar-refractivity contribution in [3.63, 3.8) is 0 Å². The van der Waals surface area contributed by atoms with E-state index in [-0.39, 0.29) is 17.8 Å². The zero-order valence-corrected chi connectivity index (χ0v) is 22.4. The summed E-state index contributed by atoms with van der Waals surface area (Å²) in [7, 11) is 0. The zero-order valence-electron chi connectivity index (χ0n) is 22.4. The summed E-state index contributed by atoms with van der Waals surface area (Å²) in [5.74, 6) is -0.216. The molecule has 6 nitrogen and oxygen atoms in total. The molecule has 2 fully saturated rings. The van der Waals surface area contributed by atoms with E-state index < -0.39 is 40.6 Å². The van der Waals surface area contributed by atoms with Gasteiger partial charge in [-0.05, 0) is 53.4 Å². The molecule has 0 unspecified atom stereocenters. The highest BCUT2D eigenvalue weighted by Gasteiger charge is 2.74. The molecule has 6 heteroatoms. The highest BCUT2D eigenvalue weighted by atomic mass is 16.6. The molecule has 2 saturated carbocycles. The molecule has 1 aromatic heterocycles. The van der Waals surface area contributed by atoms with Crippen LogP contribution in [0.5, 0.6) is 0 Å². The third-order valence-corrected chi connectivity index (χ3v) is 9.78. The maximum absolute atomic E-state index is 13.3. The van der Waals surface area contributed by atoms with Gasteiger partial charge in [0.15, 0.2) is 6.10 Å². The summed E-state index contributed by atoms with van der Waals surface area (Å²) in [5.41, 5.74) is -0.613. The summed E-state index contributed by atoms with van der Waals surface area (Å²) in [5, 5.41) is 12.9. The van der Waals surface area contributed by atoms with Crippen LogP contribution in [0.25, 0.3) is 6.08 Å². The molecule has 7 atom stereocenters. The van der Waals surface area contributed by atoms with E-state index in [1.807, 2.05) is 50.2 Å². The van der Waals surface area contributed by atoms with Gasteiger partial charge in [0.1, 0.15) is 17.5 Å². The van der Waals surface area contributed by atoms with Gasteiger partial charge in [0.25, 0.3) is 0 Å². The first-order chi connectivity index (χ1) is 17.5. The number of hydrogen-bond acceptors (Lipinski definition) is 6. The van der Waals surface area contributed by atoms with Crippen LogP contribution in [0, 0.1) is 22.7 Å². The topological polar surface area (TPSA) is 86.0 Å². The molecule has 0 radical (unpaired) electrons. The highest BCUT2D eigenvalue weighted by molar-refractivity contribution is 5.87. The Bertz CT molecular complexity index is 1200. The van der Waals surface area contributed by atoms with Crippen molar-refractivity contribution < 1.29 is 28.6 Å². The van der Waals surface area contributed by atoms with Gasteiger partial charge in [-0.15, -0.1) is 0 Å². The number of furan rings is 1. The van der Waals surface area contributed by atoms with E-state index in [2.05, 4.69) is 13.8 Å². The van der Waals surface area contributed by atoms with Crippen molar-refractivity contribution in [2.75, 3.05) is 0 Å². The number of aliphatic hydroxyl groups is 1. The SMILES string of the molecule is CC(=O)O[C@@H]1[C@H]2[C@@H](C)c3ccoc3C[C@@H]2[C@@]2(C)CCCC(C)(C)[C@]2(O)[C@@H]1OC(=O)C=Cc1ccccc1. The van der Waals surface area contributed by atoms with E-state index in [9.17, 15) is 14.7 Å². The van der Waals surface area contributed by atoms with Gasteiger partial charge in [-0.3, -0.25) is 4.79 Å². The summed E-state index contributed by atoms with van der Waals surface area (Å²) in [6, 6.07) is 11.5. The standard InChI is InChI=1S/C31H38O6/c1-19-22-14-17-35-24(22)18-23-26(19)27(36-20(2)32)28(31(34)29(3,4)15-9-16-30(23,31)5)37-25(33)13-12-21-10-7-6-8-11-21/h6-8,10-14,17,19,23,26-28,34H,9,15-16,18H2,1-5H3/t19-,23-,26-,27+,28+,30+,31+/m0/s1. The van der Waals surface area contributed by atoms with Crippen molar-refractivity contribution in [3.8, 4) is 0 Å². The number of fused-ring (bicyclic) bond motifs is 4. The Labute approximate surface area is 219 Å². The monoisotopic (exact) mass is 506 g/mol. The molecule has 0 amide bonds. The Morgan fingerprint density at radius 2 is 1.81 bits per heavy atom. The smallest absolute Gasteiger partial charge is 0.331 e. The lowest BCUT2D eigenvalue weighted by atomic mass is 9.40. The van der Waals surface area contributed by atoms with Crippen molar-refractivity contribution in [3.05, 3.63) is 65.6 Å². The van der Waals surface area contributed by atoms with E-state index >= 15 is 0 Å². The fourth-order valence-electron chi connectivity index (χ4n) is 8.02. The minimum absolute atomic E-state index is 0.00401. The maximum atomic E-state index is 13.3. The Balaban J connectivity index is 1.62. The van der Waals surface area contributed by atoms with Crippen LogP contribution in [0.3, 0.4) is 0 Å². The molecule has 37 heavy (non-hydrogen) atoms. The average molecular weight is 507 g/mol. The predicted octanol–water partition coefficient (Wildman–Crippen LogP) is 5.69. The fourth-order valence-corrected chi connectivity index (χ4v) is 8.02. The highest BCUT2D eigenvalue weighted by Crippen LogP contribution is 2.67. The van der Waals surface area contributed by atoms with Gasteiger partial charge in [-0.25, -0.2) is 4.79 Å². The molecule has 1 heterocycles. The third-order valence-electron chi connectivity index (χ3n) is 9.78. The number of hydrogen-bond donors (Lipinski definition) is 1. The molecule has 0 bridgehead atoms. The molecule has 1 N–H and O–H groups in total. The number of esters is 2. The lowest BCUT2D eigenvalue weighted by Crippen LogP contribution is -2.77. The summed E-state index contributed by atoms with van der Waals surface area (Å²) < 4.78 is 18.1. The van der Waals surface area contributed by atoms with Crippen molar-refractivity contribution in [1.82, 2.24) is 0 Å². The van der Waals surface area contributed by atoms with Crippen molar-refractivity contribution in [1.29, 1.82) is 0 Å². The Hall–Kier alpha value is -2.86. The number of benzene rings is 1. The van der Waals surface area contributed by atoms with E-state index in [4.69, 9.17) is 13.9 Å². The van der Waals surface area contributed by atoms with Crippen molar-refractivity contribution in [2.24, 2.45) is 22.7 Å². The molecule has 1 aromatic carbocycles. The van der Waals surface area contributed by atoms with Crippen LogP contribution in [-0.4, -0.2) is 34.9 Å². The van der Waals surface area contributed by atoms with Gasteiger partial charge in [-0.1, -0.05) is 64.4 Å². The van der Waals surface area contributed by atoms with Crippen LogP contribution >= 0.6 is 0 Å². The Morgan fingerprint density at radius 1 is 1.08 bits per heavy atom. The minimum Gasteiger partial charge on any atom is -0.469 e. The largest absolute Gasteiger partial charge is 0.469 e. The van der Waals surface area contributed by atoms with E-state index in [1.54, 1.807) is 12.3 Å².